The minimum atomic E-state index is -0.579. The zero-order chi connectivity index (χ0) is 14.7. The molecule has 1 aliphatic carbocycles. The number of β-amino-alcohol motifs (C(OH)–C–C–N with tert-alkyl or cyclic N) is 1. The predicted octanol–water partition coefficient (Wildman–Crippen LogP) is 1.05. The van der Waals surface area contributed by atoms with Crippen LogP contribution in [-0.4, -0.2) is 66.1 Å². The van der Waals surface area contributed by atoms with Gasteiger partial charge in [-0.2, -0.15) is 0 Å². The Labute approximate surface area is 149 Å². The van der Waals surface area contributed by atoms with Crippen LogP contribution in [0.4, 0.5) is 0 Å². The second kappa shape index (κ2) is 9.49. The van der Waals surface area contributed by atoms with E-state index < -0.39 is 6.10 Å². The van der Waals surface area contributed by atoms with Crippen molar-refractivity contribution >= 4 is 30.7 Å². The maximum Gasteiger partial charge on any atom is 0.234 e. The lowest BCUT2D eigenvalue weighted by Gasteiger charge is -2.34. The number of rotatable bonds is 6. The molecule has 0 spiro atoms. The van der Waals surface area contributed by atoms with Crippen molar-refractivity contribution in [3.05, 3.63) is 24.2 Å². The number of halogens is 2. The van der Waals surface area contributed by atoms with Gasteiger partial charge in [0, 0.05) is 38.8 Å². The third-order valence-electron chi connectivity index (χ3n) is 4.08. The first kappa shape index (κ1) is 20.3. The Balaban J connectivity index is 0.00000132. The number of aliphatic hydroxyl groups is 1. The first-order valence-electron chi connectivity index (χ1n) is 7.66. The Morgan fingerprint density at radius 1 is 1.26 bits per heavy atom. The highest BCUT2D eigenvalue weighted by Crippen LogP contribution is 2.18. The average molecular weight is 366 g/mol. The third kappa shape index (κ3) is 6.31. The van der Waals surface area contributed by atoms with Gasteiger partial charge in [0.15, 0.2) is 0 Å². The molecule has 2 heterocycles. The van der Waals surface area contributed by atoms with E-state index in [1.807, 2.05) is 0 Å². The monoisotopic (exact) mass is 365 g/mol. The van der Waals surface area contributed by atoms with Gasteiger partial charge in [-0.3, -0.25) is 14.6 Å². The zero-order valence-corrected chi connectivity index (χ0v) is 14.7. The third-order valence-corrected chi connectivity index (χ3v) is 4.08. The summed E-state index contributed by atoms with van der Waals surface area (Å²) in [5.74, 6) is 0.753. The fourth-order valence-corrected chi connectivity index (χ4v) is 2.65. The van der Waals surface area contributed by atoms with E-state index in [1.54, 1.807) is 18.4 Å². The minimum Gasteiger partial charge on any atom is -0.467 e. The molecule has 3 rings (SSSR count). The summed E-state index contributed by atoms with van der Waals surface area (Å²) in [6.07, 6.45) is 3.26. The van der Waals surface area contributed by atoms with Gasteiger partial charge >= 0.3 is 0 Å². The summed E-state index contributed by atoms with van der Waals surface area (Å²) in [5.41, 5.74) is 0. The summed E-state index contributed by atoms with van der Waals surface area (Å²) in [7, 11) is 0. The van der Waals surface area contributed by atoms with E-state index in [0.29, 0.717) is 24.9 Å². The smallest absolute Gasteiger partial charge is 0.234 e. The molecular weight excluding hydrogens is 341 g/mol. The van der Waals surface area contributed by atoms with Crippen LogP contribution < -0.4 is 5.32 Å². The number of hydrogen-bond donors (Lipinski definition) is 2. The van der Waals surface area contributed by atoms with Crippen molar-refractivity contribution in [2.45, 2.75) is 25.0 Å². The molecule has 0 aromatic carbocycles. The van der Waals surface area contributed by atoms with Crippen LogP contribution in [0.5, 0.6) is 0 Å². The second-order valence-corrected chi connectivity index (χ2v) is 5.95. The van der Waals surface area contributed by atoms with Crippen LogP contribution in [0.15, 0.2) is 22.8 Å². The highest BCUT2D eigenvalue weighted by atomic mass is 35.5. The summed E-state index contributed by atoms with van der Waals surface area (Å²) in [6.45, 7) is 4.54. The number of furan rings is 1. The molecule has 23 heavy (non-hydrogen) atoms. The SMILES string of the molecule is Cl.Cl.O=C(CN1CCN(CC(O)c2ccco2)CC1)NC1CC1. The van der Waals surface area contributed by atoms with Gasteiger partial charge in [-0.05, 0) is 25.0 Å². The maximum atomic E-state index is 11.8. The Kier molecular flexibility index (Phi) is 8.36. The van der Waals surface area contributed by atoms with E-state index in [9.17, 15) is 9.90 Å². The molecule has 1 unspecified atom stereocenters. The number of hydrogen-bond acceptors (Lipinski definition) is 5. The summed E-state index contributed by atoms with van der Waals surface area (Å²) in [5, 5.41) is 13.1. The van der Waals surface area contributed by atoms with E-state index in [1.165, 1.54) is 0 Å². The van der Waals surface area contributed by atoms with Gasteiger partial charge in [-0.1, -0.05) is 0 Å². The van der Waals surface area contributed by atoms with E-state index in [-0.39, 0.29) is 30.7 Å². The van der Waals surface area contributed by atoms with Crippen LogP contribution in [0.3, 0.4) is 0 Å². The van der Waals surface area contributed by atoms with Gasteiger partial charge in [0.2, 0.25) is 5.91 Å². The van der Waals surface area contributed by atoms with Crippen molar-refractivity contribution in [3.8, 4) is 0 Å². The molecular formula is C15H25Cl2N3O3. The van der Waals surface area contributed by atoms with E-state index in [2.05, 4.69) is 15.1 Å². The number of carbonyl (C=O) groups excluding carboxylic acids is 1. The molecule has 6 nitrogen and oxygen atoms in total. The first-order valence-corrected chi connectivity index (χ1v) is 7.66. The number of nitrogens with one attached hydrogen (secondary N) is 1. The molecule has 2 aliphatic rings. The molecule has 1 aliphatic heterocycles. The van der Waals surface area contributed by atoms with E-state index in [4.69, 9.17) is 4.42 Å². The largest absolute Gasteiger partial charge is 0.467 e. The number of carbonyl (C=O) groups is 1. The fourth-order valence-electron chi connectivity index (χ4n) is 2.65. The van der Waals surface area contributed by atoms with Gasteiger partial charge in [0.05, 0.1) is 12.8 Å². The first-order chi connectivity index (χ1) is 10.2. The van der Waals surface area contributed by atoms with Gasteiger partial charge < -0.3 is 14.8 Å². The standard InChI is InChI=1S/C15H23N3O3.2ClH/c19-13(14-2-1-9-21-14)10-17-5-7-18(8-6-17)11-15(20)16-12-3-4-12;;/h1-2,9,12-13,19H,3-8,10-11H2,(H,16,20);2*1H. The molecule has 1 saturated heterocycles. The highest BCUT2D eigenvalue weighted by Gasteiger charge is 2.26. The second-order valence-electron chi connectivity index (χ2n) is 5.95. The Bertz CT molecular complexity index is 461. The lowest BCUT2D eigenvalue weighted by Crippen LogP contribution is -2.50. The quantitative estimate of drug-likeness (QED) is 0.788. The Hall–Kier alpha value is -0.790. The Morgan fingerprint density at radius 2 is 1.91 bits per heavy atom. The summed E-state index contributed by atoms with van der Waals surface area (Å²) in [6, 6.07) is 4.01. The van der Waals surface area contributed by atoms with Crippen molar-refractivity contribution in [2.24, 2.45) is 0 Å². The van der Waals surface area contributed by atoms with Crippen LogP contribution in [0.1, 0.15) is 24.7 Å². The van der Waals surface area contributed by atoms with E-state index in [0.717, 1.165) is 39.0 Å². The summed E-state index contributed by atoms with van der Waals surface area (Å²) in [4.78, 5) is 16.1. The number of piperazine rings is 1. The fraction of sp³-hybridized carbons (Fsp3) is 0.667. The molecule has 8 heteroatoms. The van der Waals surface area contributed by atoms with Crippen LogP contribution in [0, 0.1) is 0 Å². The summed E-state index contributed by atoms with van der Waals surface area (Å²) >= 11 is 0. The van der Waals surface area contributed by atoms with Crippen molar-refractivity contribution in [1.29, 1.82) is 0 Å². The lowest BCUT2D eigenvalue weighted by atomic mass is 10.2. The predicted molar refractivity (Wildman–Crippen MR) is 92.2 cm³/mol. The van der Waals surface area contributed by atoms with Crippen LogP contribution >= 0.6 is 24.8 Å². The van der Waals surface area contributed by atoms with Crippen molar-refractivity contribution in [1.82, 2.24) is 15.1 Å². The van der Waals surface area contributed by atoms with Crippen molar-refractivity contribution < 1.29 is 14.3 Å². The molecule has 2 fully saturated rings. The molecule has 1 atom stereocenters. The number of nitrogens with zero attached hydrogens (tertiary/aromatic N) is 2. The number of aliphatic hydroxyl groups excluding tert-OH is 1. The normalized spacial score (nSPS) is 20.2. The molecule has 1 aromatic heterocycles. The molecule has 1 amide bonds. The number of amides is 1. The van der Waals surface area contributed by atoms with Gasteiger partial charge in [-0.15, -0.1) is 24.8 Å². The molecule has 0 radical (unpaired) electrons. The van der Waals surface area contributed by atoms with Gasteiger partial charge in [0.1, 0.15) is 11.9 Å². The highest BCUT2D eigenvalue weighted by molar-refractivity contribution is 5.85. The average Bonchev–Trinajstić information content (AvgIpc) is 3.10. The van der Waals surface area contributed by atoms with Crippen LogP contribution in [0.25, 0.3) is 0 Å². The lowest BCUT2D eigenvalue weighted by molar-refractivity contribution is -0.122. The van der Waals surface area contributed by atoms with Crippen LogP contribution in [0.2, 0.25) is 0 Å². The topological polar surface area (TPSA) is 69.0 Å². The molecule has 1 saturated carbocycles. The van der Waals surface area contributed by atoms with E-state index >= 15 is 0 Å². The molecule has 2 N–H and O–H groups in total. The minimum absolute atomic E-state index is 0. The van der Waals surface area contributed by atoms with Gasteiger partial charge in [0.25, 0.3) is 0 Å². The zero-order valence-electron chi connectivity index (χ0n) is 13.0. The van der Waals surface area contributed by atoms with Crippen molar-refractivity contribution in [3.63, 3.8) is 0 Å². The van der Waals surface area contributed by atoms with Crippen LogP contribution in [-0.2, 0) is 4.79 Å². The maximum absolute atomic E-state index is 11.8. The molecule has 132 valence electrons. The molecule has 0 bridgehead atoms. The van der Waals surface area contributed by atoms with Gasteiger partial charge in [-0.25, -0.2) is 0 Å². The summed E-state index contributed by atoms with van der Waals surface area (Å²) < 4.78 is 5.21. The molecule has 1 aromatic rings. The Morgan fingerprint density at radius 3 is 2.48 bits per heavy atom. The van der Waals surface area contributed by atoms with Crippen molar-refractivity contribution in [2.75, 3.05) is 39.3 Å².